The third-order valence-electron chi connectivity index (χ3n) is 4.53. The number of aldehydes is 1. The van der Waals surface area contributed by atoms with E-state index in [1.807, 2.05) is 44.2 Å². The molecule has 1 N–H and O–H groups in total. The van der Waals surface area contributed by atoms with Crippen LogP contribution in [0.4, 0.5) is 4.39 Å². The lowest BCUT2D eigenvalue weighted by Crippen LogP contribution is -2.28. The lowest BCUT2D eigenvalue weighted by atomic mass is 9.88. The van der Waals surface area contributed by atoms with Gasteiger partial charge >= 0.3 is 0 Å². The molecule has 30 heavy (non-hydrogen) atoms. The van der Waals surface area contributed by atoms with Gasteiger partial charge in [-0.15, -0.1) is 0 Å². The molecule has 0 bridgehead atoms. The average molecular weight is 420 g/mol. The SMILES string of the molecule is CC.CC=O.COc1ccc2c(c1)OCO2.FC1=CC=C(C2CCNCC2)CC=C1. The molecule has 4 rings (SSSR count). The van der Waals surface area contributed by atoms with Gasteiger partial charge in [-0.3, -0.25) is 0 Å². The Bertz CT molecular complexity index is 722. The normalized spacial score (nSPS) is 16.7. The molecule has 0 spiro atoms. The number of methoxy groups -OCH3 is 1. The van der Waals surface area contributed by atoms with Crippen LogP contribution in [0.25, 0.3) is 0 Å². The van der Waals surface area contributed by atoms with Crippen LogP contribution in [0.3, 0.4) is 0 Å². The largest absolute Gasteiger partial charge is 0.497 e. The molecular formula is C24H34FNO4. The van der Waals surface area contributed by atoms with Crippen molar-refractivity contribution >= 4 is 6.29 Å². The van der Waals surface area contributed by atoms with Crippen molar-refractivity contribution in [2.45, 2.75) is 40.0 Å². The molecule has 2 heterocycles. The molecule has 5 nitrogen and oxygen atoms in total. The summed E-state index contributed by atoms with van der Waals surface area (Å²) in [6, 6.07) is 5.48. The van der Waals surface area contributed by atoms with Gasteiger partial charge in [0, 0.05) is 6.07 Å². The second-order valence-electron chi connectivity index (χ2n) is 6.38. The summed E-state index contributed by atoms with van der Waals surface area (Å²) in [7, 11) is 1.62. The van der Waals surface area contributed by atoms with E-state index in [4.69, 9.17) is 19.0 Å². The Kier molecular flexibility index (Phi) is 12.9. The maximum Gasteiger partial charge on any atom is 0.231 e. The first-order valence-electron chi connectivity index (χ1n) is 10.4. The number of allylic oxidation sites excluding steroid dienone is 6. The summed E-state index contributed by atoms with van der Waals surface area (Å²) in [5, 5.41) is 3.34. The number of carbonyl (C=O) groups excluding carboxylic acids is 1. The van der Waals surface area contributed by atoms with Gasteiger partial charge in [-0.2, -0.15) is 0 Å². The first-order chi connectivity index (χ1) is 14.7. The van der Waals surface area contributed by atoms with Gasteiger partial charge in [0.05, 0.1) is 7.11 Å². The van der Waals surface area contributed by atoms with Crippen molar-refractivity contribution in [1.82, 2.24) is 5.32 Å². The Labute approximate surface area is 179 Å². The molecule has 6 heteroatoms. The monoisotopic (exact) mass is 419 g/mol. The highest BCUT2D eigenvalue weighted by Gasteiger charge is 2.16. The van der Waals surface area contributed by atoms with E-state index in [0.29, 0.717) is 12.7 Å². The quantitative estimate of drug-likeness (QED) is 0.652. The molecule has 0 aromatic heterocycles. The Morgan fingerprint density at radius 2 is 1.80 bits per heavy atom. The Morgan fingerprint density at radius 3 is 2.47 bits per heavy atom. The Hall–Kier alpha value is -2.60. The van der Waals surface area contributed by atoms with Gasteiger partial charge in [0.2, 0.25) is 6.79 Å². The van der Waals surface area contributed by atoms with Crippen LogP contribution in [0.2, 0.25) is 0 Å². The maximum absolute atomic E-state index is 12.9. The van der Waals surface area contributed by atoms with E-state index in [1.54, 1.807) is 19.3 Å². The van der Waals surface area contributed by atoms with Crippen LogP contribution < -0.4 is 19.5 Å². The predicted octanol–water partition coefficient (Wildman–Crippen LogP) is 5.38. The summed E-state index contributed by atoms with van der Waals surface area (Å²) >= 11 is 0. The molecule has 1 aromatic carbocycles. The lowest BCUT2D eigenvalue weighted by molar-refractivity contribution is -0.106. The average Bonchev–Trinajstić information content (AvgIpc) is 3.16. The summed E-state index contributed by atoms with van der Waals surface area (Å²) < 4.78 is 28.2. The number of hydrogen-bond donors (Lipinski definition) is 1. The van der Waals surface area contributed by atoms with Crippen LogP contribution in [0.1, 0.15) is 40.0 Å². The molecule has 1 fully saturated rings. The number of carbonyl (C=O) groups is 1. The molecule has 1 aliphatic carbocycles. The summed E-state index contributed by atoms with van der Waals surface area (Å²) in [5.74, 6) is 2.85. The number of fused-ring (bicyclic) bond motifs is 1. The van der Waals surface area contributed by atoms with Crippen molar-refractivity contribution in [2.75, 3.05) is 27.0 Å². The second-order valence-corrected chi connectivity index (χ2v) is 6.38. The topological polar surface area (TPSA) is 56.8 Å². The highest BCUT2D eigenvalue weighted by molar-refractivity contribution is 5.46. The van der Waals surface area contributed by atoms with E-state index in [-0.39, 0.29) is 5.83 Å². The van der Waals surface area contributed by atoms with E-state index in [9.17, 15) is 4.39 Å². The van der Waals surface area contributed by atoms with Gasteiger partial charge < -0.3 is 24.3 Å². The third kappa shape index (κ3) is 8.82. The van der Waals surface area contributed by atoms with Gasteiger partial charge in [0.25, 0.3) is 0 Å². The van der Waals surface area contributed by atoms with Crippen molar-refractivity contribution in [3.05, 3.63) is 53.9 Å². The molecule has 0 saturated carbocycles. The van der Waals surface area contributed by atoms with Crippen molar-refractivity contribution in [1.29, 1.82) is 0 Å². The zero-order valence-corrected chi connectivity index (χ0v) is 18.4. The number of piperidine rings is 1. The number of hydrogen-bond acceptors (Lipinski definition) is 5. The van der Waals surface area contributed by atoms with Gasteiger partial charge in [-0.1, -0.05) is 31.6 Å². The lowest BCUT2D eigenvalue weighted by Gasteiger charge is -2.24. The van der Waals surface area contributed by atoms with E-state index < -0.39 is 0 Å². The van der Waals surface area contributed by atoms with Crippen molar-refractivity contribution in [2.24, 2.45) is 5.92 Å². The van der Waals surface area contributed by atoms with E-state index in [0.717, 1.165) is 43.0 Å². The van der Waals surface area contributed by atoms with Crippen LogP contribution in [0.15, 0.2) is 53.9 Å². The molecule has 1 saturated heterocycles. The molecule has 3 aliphatic rings. The smallest absolute Gasteiger partial charge is 0.231 e. The summed E-state index contributed by atoms with van der Waals surface area (Å²) in [4.78, 5) is 8.81. The van der Waals surface area contributed by atoms with Crippen LogP contribution in [0, 0.1) is 5.92 Å². The molecule has 0 unspecified atom stereocenters. The fourth-order valence-electron chi connectivity index (χ4n) is 3.12. The van der Waals surface area contributed by atoms with Crippen LogP contribution in [0.5, 0.6) is 17.2 Å². The fourth-order valence-corrected chi connectivity index (χ4v) is 3.12. The molecule has 166 valence electrons. The highest BCUT2D eigenvalue weighted by Crippen LogP contribution is 2.34. The number of halogens is 1. The first kappa shape index (κ1) is 25.4. The summed E-state index contributed by atoms with van der Waals surface area (Å²) in [5.41, 5.74) is 1.38. The van der Waals surface area contributed by atoms with E-state index >= 15 is 0 Å². The van der Waals surface area contributed by atoms with Crippen molar-refractivity contribution in [3.8, 4) is 17.2 Å². The minimum Gasteiger partial charge on any atom is -0.497 e. The highest BCUT2D eigenvalue weighted by atomic mass is 19.1. The number of rotatable bonds is 2. The predicted molar refractivity (Wildman–Crippen MR) is 119 cm³/mol. The molecule has 0 atom stereocenters. The third-order valence-corrected chi connectivity index (χ3v) is 4.53. The van der Waals surface area contributed by atoms with Gasteiger partial charge in [-0.25, -0.2) is 4.39 Å². The molecule has 1 aromatic rings. The van der Waals surface area contributed by atoms with E-state index in [1.165, 1.54) is 25.3 Å². The van der Waals surface area contributed by atoms with Crippen LogP contribution in [-0.2, 0) is 4.79 Å². The van der Waals surface area contributed by atoms with Crippen LogP contribution in [-0.4, -0.2) is 33.3 Å². The molecule has 2 aliphatic heterocycles. The number of ether oxygens (including phenoxy) is 3. The fraction of sp³-hybridized carbons (Fsp3) is 0.458. The Morgan fingerprint density at radius 1 is 1.13 bits per heavy atom. The minimum absolute atomic E-state index is 0.131. The minimum atomic E-state index is -0.131. The molecular weight excluding hydrogens is 385 g/mol. The summed E-state index contributed by atoms with van der Waals surface area (Å²) in [6.07, 6.45) is 11.1. The summed E-state index contributed by atoms with van der Waals surface area (Å²) in [6.45, 7) is 7.94. The van der Waals surface area contributed by atoms with Gasteiger partial charge in [-0.05, 0) is 69.5 Å². The Balaban J connectivity index is 0.000000252. The standard InChI is InChI=1S/C12H16FN.C8H8O3.C2H4O.C2H6/c13-12-3-1-2-10(4-5-12)11-6-8-14-9-7-11;1-9-6-2-3-7-8(4-6)11-5-10-7;1-2-3;1-2/h1,3-5,11,14H,2,6-9H2;2-4H,5H2,1H3;2H,1H3;1-2H3. The van der Waals surface area contributed by atoms with Crippen LogP contribution >= 0.6 is 0 Å². The van der Waals surface area contributed by atoms with Gasteiger partial charge in [0.1, 0.15) is 17.9 Å². The first-order valence-corrected chi connectivity index (χ1v) is 10.4. The molecule has 0 radical (unpaired) electrons. The zero-order valence-electron chi connectivity index (χ0n) is 18.4. The molecule has 0 amide bonds. The maximum atomic E-state index is 12.9. The van der Waals surface area contributed by atoms with Crippen molar-refractivity contribution < 1.29 is 23.4 Å². The van der Waals surface area contributed by atoms with Crippen molar-refractivity contribution in [3.63, 3.8) is 0 Å². The number of benzene rings is 1. The van der Waals surface area contributed by atoms with Gasteiger partial charge in [0.15, 0.2) is 11.5 Å². The van der Waals surface area contributed by atoms with E-state index in [2.05, 4.69) is 5.32 Å². The zero-order chi connectivity index (χ0) is 22.2. The number of nitrogens with one attached hydrogen (secondary N) is 1. The second kappa shape index (κ2) is 15.3.